The average Bonchev–Trinajstić information content (AvgIpc) is 2.05. The Bertz CT molecular complexity index is 128. The van der Waals surface area contributed by atoms with Crippen LogP contribution in [-0.2, 0) is 0 Å². The van der Waals surface area contributed by atoms with Crippen molar-refractivity contribution in [3.8, 4) is 0 Å². The Morgan fingerprint density at radius 3 is 1.42 bits per heavy atom. The van der Waals surface area contributed by atoms with Gasteiger partial charge in [-0.1, -0.05) is 19.3 Å². The predicted molar refractivity (Wildman–Crippen MR) is 42.0 cm³/mol. The van der Waals surface area contributed by atoms with Crippen LogP contribution in [0.4, 0.5) is 0 Å². The number of hydrogen-bond donors (Lipinski definition) is 4. The van der Waals surface area contributed by atoms with Crippen LogP contribution in [0.15, 0.2) is 0 Å². The van der Waals surface area contributed by atoms with Gasteiger partial charge in [-0.3, -0.25) is 0 Å². The lowest BCUT2D eigenvalue weighted by Crippen LogP contribution is -2.46. The van der Waals surface area contributed by atoms with Crippen molar-refractivity contribution in [2.24, 2.45) is 5.41 Å². The first-order valence-electron chi connectivity index (χ1n) is 4.32. The van der Waals surface area contributed by atoms with Gasteiger partial charge < -0.3 is 20.4 Å². The van der Waals surface area contributed by atoms with Gasteiger partial charge in [0.05, 0.1) is 5.41 Å². The summed E-state index contributed by atoms with van der Waals surface area (Å²) < 4.78 is 0. The van der Waals surface area contributed by atoms with E-state index < -0.39 is 18.0 Å². The smallest absolute Gasteiger partial charge is 0.161 e. The van der Waals surface area contributed by atoms with Gasteiger partial charge in [0.25, 0.3) is 0 Å². The van der Waals surface area contributed by atoms with Gasteiger partial charge in [0.2, 0.25) is 0 Å². The summed E-state index contributed by atoms with van der Waals surface area (Å²) in [6.45, 7) is 0. The van der Waals surface area contributed by atoms with Crippen LogP contribution in [-0.4, -0.2) is 33.0 Å². The van der Waals surface area contributed by atoms with Crippen LogP contribution in [0.2, 0.25) is 0 Å². The maximum absolute atomic E-state index is 9.03. The molecule has 4 nitrogen and oxygen atoms in total. The third-order valence-electron chi connectivity index (χ3n) is 2.81. The number of aliphatic hydroxyl groups is 4. The molecule has 1 saturated carbocycles. The van der Waals surface area contributed by atoms with Crippen molar-refractivity contribution in [2.75, 3.05) is 0 Å². The van der Waals surface area contributed by atoms with Gasteiger partial charge in [0.15, 0.2) is 12.6 Å². The molecule has 0 saturated heterocycles. The van der Waals surface area contributed by atoms with Crippen LogP contribution in [0, 0.1) is 5.41 Å². The topological polar surface area (TPSA) is 80.9 Å². The van der Waals surface area contributed by atoms with E-state index in [9.17, 15) is 0 Å². The highest BCUT2D eigenvalue weighted by Crippen LogP contribution is 2.40. The summed E-state index contributed by atoms with van der Waals surface area (Å²) >= 11 is 0. The molecule has 1 rings (SSSR count). The van der Waals surface area contributed by atoms with E-state index in [0.717, 1.165) is 19.3 Å². The normalized spacial score (nSPS) is 23.5. The largest absolute Gasteiger partial charge is 0.367 e. The summed E-state index contributed by atoms with van der Waals surface area (Å²) in [6, 6.07) is 0. The zero-order valence-electron chi connectivity index (χ0n) is 6.98. The number of hydrogen-bond acceptors (Lipinski definition) is 4. The molecule has 0 aliphatic heterocycles. The average molecular weight is 176 g/mol. The summed E-state index contributed by atoms with van der Waals surface area (Å²) in [4.78, 5) is 0. The molecule has 0 atom stereocenters. The predicted octanol–water partition coefficient (Wildman–Crippen LogP) is -0.442. The molecule has 1 fully saturated rings. The molecule has 0 aromatic carbocycles. The Kier molecular flexibility index (Phi) is 3.06. The highest BCUT2D eigenvalue weighted by molar-refractivity contribution is 4.86. The van der Waals surface area contributed by atoms with E-state index in [1.54, 1.807) is 0 Å². The van der Waals surface area contributed by atoms with E-state index in [4.69, 9.17) is 20.4 Å². The lowest BCUT2D eigenvalue weighted by atomic mass is 9.73. The molecule has 0 aromatic heterocycles. The molecule has 0 spiro atoms. The van der Waals surface area contributed by atoms with Crippen LogP contribution in [0.1, 0.15) is 32.1 Å². The van der Waals surface area contributed by atoms with E-state index in [-0.39, 0.29) is 0 Å². The molecule has 0 heterocycles. The van der Waals surface area contributed by atoms with Gasteiger partial charge in [-0.05, 0) is 12.8 Å². The molecule has 0 amide bonds. The first-order chi connectivity index (χ1) is 5.59. The first kappa shape index (κ1) is 9.92. The molecule has 0 radical (unpaired) electrons. The Morgan fingerprint density at radius 1 is 0.750 bits per heavy atom. The van der Waals surface area contributed by atoms with Crippen molar-refractivity contribution in [1.29, 1.82) is 0 Å². The fraction of sp³-hybridized carbons (Fsp3) is 1.00. The second-order valence-electron chi connectivity index (χ2n) is 3.54. The standard InChI is InChI=1S/C8H16O4/c9-6(10)8(7(11)12)4-2-1-3-5-8/h6-7,9-12H,1-5H2. The fourth-order valence-corrected chi connectivity index (χ4v) is 1.86. The van der Waals surface area contributed by atoms with E-state index in [1.165, 1.54) is 0 Å². The molecular formula is C8H16O4. The molecule has 4 heteroatoms. The van der Waals surface area contributed by atoms with E-state index in [0.29, 0.717) is 12.8 Å². The second kappa shape index (κ2) is 3.70. The second-order valence-corrected chi connectivity index (χ2v) is 3.54. The van der Waals surface area contributed by atoms with Crippen LogP contribution in [0.3, 0.4) is 0 Å². The van der Waals surface area contributed by atoms with Crippen molar-refractivity contribution in [1.82, 2.24) is 0 Å². The monoisotopic (exact) mass is 176 g/mol. The SMILES string of the molecule is OC(O)C1(C(O)O)CCCCC1. The fourth-order valence-electron chi connectivity index (χ4n) is 1.86. The molecule has 0 aromatic rings. The van der Waals surface area contributed by atoms with Crippen LogP contribution in [0.25, 0.3) is 0 Å². The molecule has 12 heavy (non-hydrogen) atoms. The van der Waals surface area contributed by atoms with Gasteiger partial charge in [-0.15, -0.1) is 0 Å². The van der Waals surface area contributed by atoms with Gasteiger partial charge in [-0.25, -0.2) is 0 Å². The molecule has 1 aliphatic rings. The molecule has 0 unspecified atom stereocenters. The molecular weight excluding hydrogens is 160 g/mol. The number of rotatable bonds is 2. The summed E-state index contributed by atoms with van der Waals surface area (Å²) in [5.41, 5.74) is -1.10. The summed E-state index contributed by atoms with van der Waals surface area (Å²) in [6.07, 6.45) is 0.381. The van der Waals surface area contributed by atoms with Crippen molar-refractivity contribution in [2.45, 2.75) is 44.7 Å². The van der Waals surface area contributed by atoms with Crippen LogP contribution < -0.4 is 0 Å². The van der Waals surface area contributed by atoms with Crippen LogP contribution >= 0.6 is 0 Å². The Morgan fingerprint density at radius 2 is 1.17 bits per heavy atom. The van der Waals surface area contributed by atoms with E-state index in [1.807, 2.05) is 0 Å². The lowest BCUT2D eigenvalue weighted by Gasteiger charge is -2.39. The molecule has 1 aliphatic carbocycles. The van der Waals surface area contributed by atoms with Gasteiger partial charge in [0, 0.05) is 0 Å². The highest BCUT2D eigenvalue weighted by atomic mass is 16.5. The van der Waals surface area contributed by atoms with Gasteiger partial charge >= 0.3 is 0 Å². The quantitative estimate of drug-likeness (QED) is 0.430. The minimum absolute atomic E-state index is 0.475. The minimum Gasteiger partial charge on any atom is -0.367 e. The zero-order valence-corrected chi connectivity index (χ0v) is 6.98. The molecule has 0 bridgehead atoms. The Hall–Kier alpha value is -0.160. The maximum Gasteiger partial charge on any atom is 0.161 e. The Labute approximate surface area is 71.5 Å². The van der Waals surface area contributed by atoms with Gasteiger partial charge in [-0.2, -0.15) is 0 Å². The van der Waals surface area contributed by atoms with E-state index in [2.05, 4.69) is 0 Å². The summed E-state index contributed by atoms with van der Waals surface area (Å²) in [5.74, 6) is 0. The first-order valence-corrected chi connectivity index (χ1v) is 4.32. The van der Waals surface area contributed by atoms with Crippen LogP contribution in [0.5, 0.6) is 0 Å². The van der Waals surface area contributed by atoms with E-state index >= 15 is 0 Å². The van der Waals surface area contributed by atoms with Crippen molar-refractivity contribution >= 4 is 0 Å². The van der Waals surface area contributed by atoms with Crippen molar-refractivity contribution < 1.29 is 20.4 Å². The molecule has 4 N–H and O–H groups in total. The number of aliphatic hydroxyl groups excluding tert-OH is 2. The zero-order chi connectivity index (χ0) is 9.19. The minimum atomic E-state index is -1.63. The summed E-state index contributed by atoms with van der Waals surface area (Å²) in [7, 11) is 0. The molecule has 72 valence electrons. The van der Waals surface area contributed by atoms with Crippen molar-refractivity contribution in [3.63, 3.8) is 0 Å². The third kappa shape index (κ3) is 1.61. The lowest BCUT2D eigenvalue weighted by molar-refractivity contribution is -0.247. The third-order valence-corrected chi connectivity index (χ3v) is 2.81. The maximum atomic E-state index is 9.03. The van der Waals surface area contributed by atoms with Crippen molar-refractivity contribution in [3.05, 3.63) is 0 Å². The highest BCUT2D eigenvalue weighted by Gasteiger charge is 2.43. The van der Waals surface area contributed by atoms with Gasteiger partial charge in [0.1, 0.15) is 0 Å². The Balaban J connectivity index is 2.70. The summed E-state index contributed by atoms with van der Waals surface area (Å²) in [5, 5.41) is 36.1.